The Kier molecular flexibility index (Phi) is 4.66. The second-order valence-electron chi connectivity index (χ2n) is 4.62. The van der Waals surface area contributed by atoms with E-state index >= 15 is 0 Å². The fraction of sp³-hybridized carbons (Fsp3) is 0.0625. The molecule has 0 aliphatic rings. The zero-order chi connectivity index (χ0) is 16.9. The molecule has 0 aliphatic carbocycles. The van der Waals surface area contributed by atoms with Crippen LogP contribution < -0.4 is 4.74 Å². The van der Waals surface area contributed by atoms with Crippen molar-refractivity contribution in [3.05, 3.63) is 60.6 Å². The number of carbonyl (C=O) groups is 1. The number of aromatic amines is 1. The van der Waals surface area contributed by atoms with Crippen LogP contribution in [0.2, 0.25) is 0 Å². The van der Waals surface area contributed by atoms with Crippen molar-refractivity contribution in [1.82, 2.24) is 15.2 Å². The van der Waals surface area contributed by atoms with Crippen molar-refractivity contribution in [1.29, 1.82) is 0 Å². The van der Waals surface area contributed by atoms with Gasteiger partial charge in [-0.25, -0.2) is 4.98 Å². The lowest BCUT2D eigenvalue weighted by molar-refractivity contribution is 0.104. The molecule has 0 unspecified atom stereocenters. The topological polar surface area (TPSA) is 101 Å². The lowest BCUT2D eigenvalue weighted by Gasteiger charge is -2.06. The number of aromatic nitrogens is 3. The van der Waals surface area contributed by atoms with E-state index in [-0.39, 0.29) is 11.6 Å². The summed E-state index contributed by atoms with van der Waals surface area (Å²) in [5.41, 5.74) is 0.327. The maximum absolute atomic E-state index is 12.4. The molecule has 0 saturated carbocycles. The zero-order valence-electron chi connectivity index (χ0n) is 12.6. The summed E-state index contributed by atoms with van der Waals surface area (Å²) in [4.78, 5) is 17.6. The summed E-state index contributed by atoms with van der Waals surface area (Å²) in [7, 11) is 1.58. The summed E-state index contributed by atoms with van der Waals surface area (Å²) in [6.45, 7) is 0. The van der Waals surface area contributed by atoms with E-state index in [1.807, 2.05) is 24.3 Å². The second kappa shape index (κ2) is 7.05. The zero-order valence-corrected chi connectivity index (χ0v) is 13.4. The van der Waals surface area contributed by atoms with Crippen LogP contribution in [0.4, 0.5) is 0 Å². The van der Waals surface area contributed by atoms with Gasteiger partial charge in [0, 0.05) is 6.08 Å². The number of H-pyrrole nitrogens is 1. The molecule has 7 nitrogen and oxygen atoms in total. The normalized spacial score (nSPS) is 11.5. The Bertz CT molecular complexity index is 871. The average Bonchev–Trinajstić information content (AvgIpc) is 3.27. The minimum Gasteiger partial charge on any atom is -0.504 e. The smallest absolute Gasteiger partial charge is 0.215 e. The van der Waals surface area contributed by atoms with Gasteiger partial charge in [-0.15, -0.1) is 0 Å². The molecule has 0 spiro atoms. The number of furan rings is 1. The summed E-state index contributed by atoms with van der Waals surface area (Å²) >= 11 is 1.34. The van der Waals surface area contributed by atoms with Crippen molar-refractivity contribution < 1.29 is 19.1 Å². The molecule has 0 radical (unpaired) electrons. The lowest BCUT2D eigenvalue weighted by Crippen LogP contribution is -1.97. The average molecular weight is 343 g/mol. The molecule has 2 N–H and O–H groups in total. The SMILES string of the molecule is COc1ccccc1Sc1cocc1C(=O)C=C(O)c1nc[nH]n1. The third kappa shape index (κ3) is 3.33. The van der Waals surface area contributed by atoms with E-state index in [4.69, 9.17) is 9.15 Å². The van der Waals surface area contributed by atoms with E-state index in [0.717, 1.165) is 11.0 Å². The molecule has 2 aromatic heterocycles. The number of allylic oxidation sites excluding steroid dienone is 1. The standard InChI is InChI=1S/C16H13N3O4S/c1-22-13-4-2-3-5-14(13)24-15-8-23-7-10(15)11(20)6-12(21)16-17-9-18-19-16/h2-9,21H,1H3,(H,17,18,19). The van der Waals surface area contributed by atoms with Crippen molar-refractivity contribution in [2.24, 2.45) is 0 Å². The highest BCUT2D eigenvalue weighted by molar-refractivity contribution is 7.99. The van der Waals surface area contributed by atoms with E-state index in [1.165, 1.54) is 30.6 Å². The number of carbonyl (C=O) groups excluding carboxylic acids is 1. The van der Waals surface area contributed by atoms with Gasteiger partial charge >= 0.3 is 0 Å². The first-order valence-electron chi connectivity index (χ1n) is 6.87. The molecule has 0 fully saturated rings. The van der Waals surface area contributed by atoms with Crippen LogP contribution >= 0.6 is 11.8 Å². The number of ether oxygens (including phenoxy) is 1. The molecular formula is C16H13N3O4S. The van der Waals surface area contributed by atoms with Crippen LogP contribution in [-0.4, -0.2) is 33.2 Å². The lowest BCUT2D eigenvalue weighted by atomic mass is 10.2. The van der Waals surface area contributed by atoms with E-state index in [9.17, 15) is 9.90 Å². The number of nitrogens with zero attached hydrogens (tertiary/aromatic N) is 2. The number of benzene rings is 1. The summed E-state index contributed by atoms with van der Waals surface area (Å²) in [6.07, 6.45) is 5.18. The monoisotopic (exact) mass is 343 g/mol. The minimum absolute atomic E-state index is 0.0470. The maximum Gasteiger partial charge on any atom is 0.215 e. The Hall–Kier alpha value is -3.00. The fourth-order valence-electron chi connectivity index (χ4n) is 1.96. The van der Waals surface area contributed by atoms with E-state index in [1.54, 1.807) is 7.11 Å². The molecule has 3 aromatic rings. The van der Waals surface area contributed by atoms with E-state index < -0.39 is 5.78 Å². The molecule has 0 atom stereocenters. The Labute approximate surface area is 141 Å². The third-order valence-electron chi connectivity index (χ3n) is 3.09. The molecule has 122 valence electrons. The number of ketones is 1. The van der Waals surface area contributed by atoms with Gasteiger partial charge in [-0.1, -0.05) is 23.9 Å². The molecule has 0 saturated heterocycles. The van der Waals surface area contributed by atoms with Crippen molar-refractivity contribution in [2.75, 3.05) is 7.11 Å². The van der Waals surface area contributed by atoms with Crippen molar-refractivity contribution in [3.63, 3.8) is 0 Å². The summed E-state index contributed by atoms with van der Waals surface area (Å²) in [5, 5.41) is 16.1. The fourth-order valence-corrected chi connectivity index (χ4v) is 2.96. The first kappa shape index (κ1) is 15.9. The Morgan fingerprint density at radius 1 is 1.33 bits per heavy atom. The van der Waals surface area contributed by atoms with Gasteiger partial charge in [0.05, 0.1) is 22.5 Å². The molecule has 1 aromatic carbocycles. The molecule has 0 bridgehead atoms. The molecule has 2 heterocycles. The number of hydrogen-bond acceptors (Lipinski definition) is 7. The quantitative estimate of drug-likeness (QED) is 0.402. The molecule has 0 aliphatic heterocycles. The van der Waals surface area contributed by atoms with Gasteiger partial charge in [0.2, 0.25) is 5.82 Å². The van der Waals surface area contributed by atoms with Gasteiger partial charge in [0.15, 0.2) is 11.5 Å². The number of methoxy groups -OCH3 is 1. The maximum atomic E-state index is 12.4. The molecule has 3 rings (SSSR count). The number of hydrogen-bond donors (Lipinski definition) is 2. The van der Waals surface area contributed by atoms with Crippen molar-refractivity contribution in [2.45, 2.75) is 9.79 Å². The van der Waals surface area contributed by atoms with Crippen LogP contribution in [0.15, 0.2) is 63.4 Å². The Morgan fingerprint density at radius 2 is 2.17 bits per heavy atom. The third-order valence-corrected chi connectivity index (χ3v) is 4.19. The van der Waals surface area contributed by atoms with Crippen LogP contribution in [0.3, 0.4) is 0 Å². The molecule has 8 heteroatoms. The highest BCUT2D eigenvalue weighted by Crippen LogP contribution is 2.37. The predicted octanol–water partition coefficient (Wildman–Crippen LogP) is 3.34. The van der Waals surface area contributed by atoms with Crippen LogP contribution in [-0.2, 0) is 0 Å². The number of nitrogens with one attached hydrogen (secondary N) is 1. The highest BCUT2D eigenvalue weighted by Gasteiger charge is 2.17. The van der Waals surface area contributed by atoms with Gasteiger partial charge in [-0.2, -0.15) is 5.10 Å². The molecular weight excluding hydrogens is 330 g/mol. The van der Waals surface area contributed by atoms with Crippen LogP contribution in [0, 0.1) is 0 Å². The van der Waals surface area contributed by atoms with Gasteiger partial charge in [-0.3, -0.25) is 9.89 Å². The number of aliphatic hydroxyl groups is 1. The van der Waals surface area contributed by atoms with Crippen LogP contribution in [0.25, 0.3) is 5.76 Å². The number of para-hydroxylation sites is 1. The molecule has 0 amide bonds. The number of aliphatic hydroxyl groups excluding tert-OH is 1. The largest absolute Gasteiger partial charge is 0.504 e. The van der Waals surface area contributed by atoms with E-state index in [0.29, 0.717) is 16.2 Å². The van der Waals surface area contributed by atoms with Crippen LogP contribution in [0.1, 0.15) is 16.2 Å². The van der Waals surface area contributed by atoms with Gasteiger partial charge in [0.25, 0.3) is 0 Å². The van der Waals surface area contributed by atoms with Gasteiger partial charge in [0.1, 0.15) is 24.6 Å². The minimum atomic E-state index is -0.413. The summed E-state index contributed by atoms with van der Waals surface area (Å²) in [6, 6.07) is 7.45. The Morgan fingerprint density at radius 3 is 2.92 bits per heavy atom. The van der Waals surface area contributed by atoms with E-state index in [2.05, 4.69) is 15.2 Å². The van der Waals surface area contributed by atoms with Gasteiger partial charge < -0.3 is 14.3 Å². The summed E-state index contributed by atoms with van der Waals surface area (Å²) in [5.74, 6) is 0.00567. The highest BCUT2D eigenvalue weighted by atomic mass is 32.2. The first-order valence-corrected chi connectivity index (χ1v) is 7.69. The molecule has 24 heavy (non-hydrogen) atoms. The first-order chi connectivity index (χ1) is 11.7. The predicted molar refractivity (Wildman–Crippen MR) is 87.1 cm³/mol. The van der Waals surface area contributed by atoms with Crippen molar-refractivity contribution >= 4 is 23.3 Å². The second-order valence-corrected chi connectivity index (χ2v) is 5.70. The Balaban J connectivity index is 1.85. The van der Waals surface area contributed by atoms with Crippen LogP contribution in [0.5, 0.6) is 5.75 Å². The van der Waals surface area contributed by atoms with Crippen molar-refractivity contribution in [3.8, 4) is 5.75 Å². The van der Waals surface area contributed by atoms with Gasteiger partial charge in [-0.05, 0) is 12.1 Å². The number of rotatable bonds is 6. The summed E-state index contributed by atoms with van der Waals surface area (Å²) < 4.78 is 10.5.